The SMILES string of the molecule is N=CC(=O)Nc1ccc(Oc2ccccc2)cc1. The van der Waals surface area contributed by atoms with Crippen molar-refractivity contribution in [3.63, 3.8) is 0 Å². The highest BCUT2D eigenvalue weighted by atomic mass is 16.5. The molecule has 2 rings (SSSR count). The number of anilines is 1. The van der Waals surface area contributed by atoms with Crippen molar-refractivity contribution in [2.24, 2.45) is 0 Å². The highest BCUT2D eigenvalue weighted by Crippen LogP contribution is 2.22. The summed E-state index contributed by atoms with van der Waals surface area (Å²) in [5, 5.41) is 9.33. The van der Waals surface area contributed by atoms with Crippen LogP contribution in [0.4, 0.5) is 5.69 Å². The van der Waals surface area contributed by atoms with E-state index in [4.69, 9.17) is 10.1 Å². The van der Waals surface area contributed by atoms with Crippen molar-refractivity contribution in [2.45, 2.75) is 0 Å². The topological polar surface area (TPSA) is 62.2 Å². The normalized spacial score (nSPS) is 9.56. The molecular weight excluding hydrogens is 228 g/mol. The van der Waals surface area contributed by atoms with Gasteiger partial charge in [0.05, 0.1) is 6.21 Å². The van der Waals surface area contributed by atoms with E-state index in [-0.39, 0.29) is 0 Å². The van der Waals surface area contributed by atoms with Crippen LogP contribution in [0.25, 0.3) is 0 Å². The van der Waals surface area contributed by atoms with E-state index in [1.165, 1.54) is 0 Å². The van der Waals surface area contributed by atoms with Crippen molar-refractivity contribution in [2.75, 3.05) is 5.32 Å². The molecule has 0 aromatic heterocycles. The third-order valence-corrected chi connectivity index (χ3v) is 2.23. The third kappa shape index (κ3) is 3.18. The van der Waals surface area contributed by atoms with E-state index in [1.54, 1.807) is 24.3 Å². The number of nitrogens with one attached hydrogen (secondary N) is 2. The van der Waals surface area contributed by atoms with E-state index < -0.39 is 5.91 Å². The Hall–Kier alpha value is -2.62. The summed E-state index contributed by atoms with van der Waals surface area (Å²) < 4.78 is 5.61. The van der Waals surface area contributed by atoms with Crippen molar-refractivity contribution >= 4 is 17.8 Å². The zero-order chi connectivity index (χ0) is 12.8. The molecule has 0 fully saturated rings. The molecule has 4 heteroatoms. The van der Waals surface area contributed by atoms with Crippen LogP contribution < -0.4 is 10.1 Å². The fourth-order valence-corrected chi connectivity index (χ4v) is 1.41. The maximum absolute atomic E-state index is 11.0. The number of carbonyl (C=O) groups is 1. The molecule has 1 amide bonds. The van der Waals surface area contributed by atoms with Gasteiger partial charge in [0, 0.05) is 5.69 Å². The van der Waals surface area contributed by atoms with Gasteiger partial charge >= 0.3 is 0 Å². The zero-order valence-electron chi connectivity index (χ0n) is 9.59. The van der Waals surface area contributed by atoms with Crippen molar-refractivity contribution < 1.29 is 9.53 Å². The van der Waals surface area contributed by atoms with Gasteiger partial charge in [-0.25, -0.2) is 0 Å². The number of hydrogen-bond donors (Lipinski definition) is 2. The molecule has 2 aromatic rings. The van der Waals surface area contributed by atoms with Crippen molar-refractivity contribution in [1.82, 2.24) is 0 Å². The monoisotopic (exact) mass is 240 g/mol. The second-order valence-electron chi connectivity index (χ2n) is 3.57. The summed E-state index contributed by atoms with van der Waals surface area (Å²) in [7, 11) is 0. The van der Waals surface area contributed by atoms with Gasteiger partial charge < -0.3 is 15.5 Å². The predicted molar refractivity (Wildman–Crippen MR) is 70.4 cm³/mol. The number of para-hydroxylation sites is 1. The lowest BCUT2D eigenvalue weighted by Crippen LogP contribution is -2.11. The highest BCUT2D eigenvalue weighted by Gasteiger charge is 1.99. The van der Waals surface area contributed by atoms with E-state index in [2.05, 4.69) is 5.32 Å². The minimum Gasteiger partial charge on any atom is -0.457 e. The van der Waals surface area contributed by atoms with Gasteiger partial charge in [-0.3, -0.25) is 4.79 Å². The molecule has 4 nitrogen and oxygen atoms in total. The van der Waals surface area contributed by atoms with Gasteiger partial charge in [0.2, 0.25) is 0 Å². The molecule has 18 heavy (non-hydrogen) atoms. The molecule has 0 saturated heterocycles. The molecule has 0 spiro atoms. The van der Waals surface area contributed by atoms with Crippen LogP contribution in [-0.4, -0.2) is 12.1 Å². The third-order valence-electron chi connectivity index (χ3n) is 2.23. The van der Waals surface area contributed by atoms with Crippen LogP contribution in [-0.2, 0) is 4.79 Å². The average Bonchev–Trinajstić information content (AvgIpc) is 2.42. The first-order valence-corrected chi connectivity index (χ1v) is 5.42. The van der Waals surface area contributed by atoms with Crippen molar-refractivity contribution in [3.8, 4) is 11.5 Å². The number of benzene rings is 2. The Morgan fingerprint density at radius 2 is 1.61 bits per heavy atom. The lowest BCUT2D eigenvalue weighted by molar-refractivity contribution is -0.110. The van der Waals surface area contributed by atoms with Gasteiger partial charge in [-0.15, -0.1) is 0 Å². The summed E-state index contributed by atoms with van der Waals surface area (Å²) in [5.74, 6) is 0.995. The summed E-state index contributed by atoms with van der Waals surface area (Å²) in [4.78, 5) is 11.0. The zero-order valence-corrected chi connectivity index (χ0v) is 9.59. The summed E-state index contributed by atoms with van der Waals surface area (Å²) in [6.45, 7) is 0. The number of amides is 1. The van der Waals surface area contributed by atoms with Crippen LogP contribution in [0.3, 0.4) is 0 Å². The Labute approximate surface area is 105 Å². The minimum absolute atomic E-state index is 0.452. The molecule has 0 aliphatic carbocycles. The predicted octanol–water partition coefficient (Wildman–Crippen LogP) is 3.07. The van der Waals surface area contributed by atoms with Crippen LogP contribution in [0.15, 0.2) is 54.6 Å². The molecule has 0 heterocycles. The van der Waals surface area contributed by atoms with E-state index in [0.717, 1.165) is 12.0 Å². The second kappa shape index (κ2) is 5.63. The van der Waals surface area contributed by atoms with Gasteiger partial charge in [0.15, 0.2) is 0 Å². The number of hydrogen-bond acceptors (Lipinski definition) is 3. The van der Waals surface area contributed by atoms with E-state index in [1.807, 2.05) is 30.3 Å². The van der Waals surface area contributed by atoms with Crippen LogP contribution in [0, 0.1) is 5.41 Å². The first-order valence-electron chi connectivity index (χ1n) is 5.42. The summed E-state index contributed by atoms with van der Waals surface area (Å²) >= 11 is 0. The Balaban J connectivity index is 2.04. The van der Waals surface area contributed by atoms with Crippen LogP contribution in [0.1, 0.15) is 0 Å². The smallest absolute Gasteiger partial charge is 0.266 e. The number of ether oxygens (including phenoxy) is 1. The van der Waals surface area contributed by atoms with Crippen molar-refractivity contribution in [3.05, 3.63) is 54.6 Å². The van der Waals surface area contributed by atoms with E-state index in [9.17, 15) is 4.79 Å². The molecule has 2 aromatic carbocycles. The highest BCUT2D eigenvalue weighted by molar-refractivity contribution is 6.30. The molecule has 0 aliphatic rings. The number of carbonyl (C=O) groups excluding carboxylic acids is 1. The van der Waals surface area contributed by atoms with Crippen LogP contribution in [0.5, 0.6) is 11.5 Å². The molecule has 0 saturated carbocycles. The van der Waals surface area contributed by atoms with Gasteiger partial charge in [-0.1, -0.05) is 18.2 Å². The second-order valence-corrected chi connectivity index (χ2v) is 3.57. The molecule has 0 radical (unpaired) electrons. The van der Waals surface area contributed by atoms with E-state index >= 15 is 0 Å². The first-order chi connectivity index (χ1) is 8.78. The molecule has 0 aliphatic heterocycles. The fraction of sp³-hybridized carbons (Fsp3) is 0. The van der Waals surface area contributed by atoms with Crippen LogP contribution >= 0.6 is 0 Å². The minimum atomic E-state index is -0.452. The average molecular weight is 240 g/mol. The summed E-state index contributed by atoms with van der Waals surface area (Å²) in [6.07, 6.45) is 0.731. The van der Waals surface area contributed by atoms with Gasteiger partial charge in [0.1, 0.15) is 11.5 Å². The molecule has 2 N–H and O–H groups in total. The standard InChI is InChI=1S/C14H12N2O2/c15-10-14(17)16-11-6-8-13(9-7-11)18-12-4-2-1-3-5-12/h1-10,15H,(H,16,17). The quantitative estimate of drug-likeness (QED) is 0.807. The maximum Gasteiger partial charge on any atom is 0.266 e. The lowest BCUT2D eigenvalue weighted by atomic mass is 10.3. The Morgan fingerprint density at radius 3 is 2.22 bits per heavy atom. The molecular formula is C14H12N2O2. The van der Waals surface area contributed by atoms with Crippen LogP contribution in [0.2, 0.25) is 0 Å². The number of rotatable bonds is 4. The van der Waals surface area contributed by atoms with Gasteiger partial charge in [-0.05, 0) is 36.4 Å². The molecule has 90 valence electrons. The largest absolute Gasteiger partial charge is 0.457 e. The Bertz CT molecular complexity index is 535. The maximum atomic E-state index is 11.0. The molecule has 0 bridgehead atoms. The van der Waals surface area contributed by atoms with E-state index in [0.29, 0.717) is 11.4 Å². The molecule has 0 unspecified atom stereocenters. The lowest BCUT2D eigenvalue weighted by Gasteiger charge is -2.06. The van der Waals surface area contributed by atoms with Gasteiger partial charge in [0.25, 0.3) is 5.91 Å². The Morgan fingerprint density at radius 1 is 1.00 bits per heavy atom. The molecule has 0 atom stereocenters. The fourth-order valence-electron chi connectivity index (χ4n) is 1.41. The first kappa shape index (κ1) is 11.9. The summed E-state index contributed by atoms with van der Waals surface area (Å²) in [6, 6.07) is 16.4. The van der Waals surface area contributed by atoms with Gasteiger partial charge in [-0.2, -0.15) is 0 Å². The Kier molecular flexibility index (Phi) is 3.71. The van der Waals surface area contributed by atoms with Crippen molar-refractivity contribution in [1.29, 1.82) is 5.41 Å². The summed E-state index contributed by atoms with van der Waals surface area (Å²) in [5.41, 5.74) is 0.629.